The van der Waals surface area contributed by atoms with E-state index in [1.807, 2.05) is 25.1 Å². The Morgan fingerprint density at radius 3 is 2.54 bits per heavy atom. The fourth-order valence-electron chi connectivity index (χ4n) is 3.12. The molecule has 1 heterocycles. The summed E-state index contributed by atoms with van der Waals surface area (Å²) in [6, 6.07) is 5.81. The molecule has 2 N–H and O–H groups in total. The zero-order valence-corrected chi connectivity index (χ0v) is 14.6. The second kappa shape index (κ2) is 8.04. The fraction of sp³-hybridized carbons (Fsp3) is 0.556. The van der Waals surface area contributed by atoms with E-state index >= 15 is 0 Å². The van der Waals surface area contributed by atoms with E-state index in [4.69, 9.17) is 15.2 Å². The first kappa shape index (κ1) is 18.1. The number of ether oxygens (including phenoxy) is 2. The largest absolute Gasteiger partial charge is 0.493 e. The van der Waals surface area contributed by atoms with Crippen molar-refractivity contribution in [1.29, 1.82) is 0 Å². The predicted octanol–water partition coefficient (Wildman–Crippen LogP) is 1.75. The summed E-state index contributed by atoms with van der Waals surface area (Å²) in [5, 5.41) is 0. The van der Waals surface area contributed by atoms with Crippen molar-refractivity contribution >= 4 is 11.8 Å². The summed E-state index contributed by atoms with van der Waals surface area (Å²) in [5.74, 6) is 0.832. The Bertz CT molecular complexity index is 603. The molecule has 2 rings (SSSR count). The van der Waals surface area contributed by atoms with Gasteiger partial charge in [-0.3, -0.25) is 9.59 Å². The molecule has 1 aliphatic heterocycles. The Kier molecular flexibility index (Phi) is 6.06. The van der Waals surface area contributed by atoms with Crippen LogP contribution in [0.3, 0.4) is 0 Å². The Hall–Kier alpha value is -2.24. The van der Waals surface area contributed by atoms with Crippen molar-refractivity contribution in [2.75, 3.05) is 20.8 Å². The number of carbonyl (C=O) groups excluding carboxylic acids is 2. The van der Waals surface area contributed by atoms with Crippen LogP contribution in [0.2, 0.25) is 0 Å². The first-order chi connectivity index (χ1) is 11.5. The molecule has 1 fully saturated rings. The molecule has 6 nitrogen and oxygen atoms in total. The number of nitrogens with two attached hydrogens (primary N) is 1. The van der Waals surface area contributed by atoms with Crippen molar-refractivity contribution < 1.29 is 19.1 Å². The Morgan fingerprint density at radius 1 is 1.21 bits per heavy atom. The molecule has 0 aliphatic carbocycles. The average Bonchev–Trinajstić information content (AvgIpc) is 2.59. The van der Waals surface area contributed by atoms with Gasteiger partial charge in [-0.2, -0.15) is 0 Å². The summed E-state index contributed by atoms with van der Waals surface area (Å²) >= 11 is 0. The first-order valence-electron chi connectivity index (χ1n) is 8.26. The lowest BCUT2D eigenvalue weighted by Crippen LogP contribution is -2.48. The maximum absolute atomic E-state index is 12.5. The number of piperidine rings is 1. The van der Waals surface area contributed by atoms with E-state index in [0.29, 0.717) is 30.9 Å². The van der Waals surface area contributed by atoms with Gasteiger partial charge in [0, 0.05) is 19.0 Å². The quantitative estimate of drug-likeness (QED) is 0.859. The second-order valence-corrected chi connectivity index (χ2v) is 6.26. The number of aryl methyl sites for hydroxylation is 1. The highest BCUT2D eigenvalue weighted by molar-refractivity contribution is 5.80. The van der Waals surface area contributed by atoms with E-state index in [1.165, 1.54) is 0 Å². The van der Waals surface area contributed by atoms with Crippen molar-refractivity contribution in [1.82, 2.24) is 4.90 Å². The second-order valence-electron chi connectivity index (χ2n) is 6.26. The third-order valence-electron chi connectivity index (χ3n) is 4.68. The highest BCUT2D eigenvalue weighted by Crippen LogP contribution is 2.28. The van der Waals surface area contributed by atoms with Gasteiger partial charge in [-0.15, -0.1) is 0 Å². The van der Waals surface area contributed by atoms with E-state index in [9.17, 15) is 9.59 Å². The van der Waals surface area contributed by atoms with Crippen molar-refractivity contribution in [2.24, 2.45) is 11.7 Å². The van der Waals surface area contributed by atoms with Gasteiger partial charge in [-0.05, 0) is 43.9 Å². The number of rotatable bonds is 6. The Labute approximate surface area is 142 Å². The number of amides is 2. The van der Waals surface area contributed by atoms with Gasteiger partial charge in [0.2, 0.25) is 11.8 Å². The summed E-state index contributed by atoms with van der Waals surface area (Å²) in [6.07, 6.45) is 2.58. The van der Waals surface area contributed by atoms with E-state index in [2.05, 4.69) is 0 Å². The van der Waals surface area contributed by atoms with Crippen LogP contribution in [-0.4, -0.2) is 43.5 Å². The van der Waals surface area contributed by atoms with Crippen LogP contribution in [-0.2, 0) is 16.0 Å². The summed E-state index contributed by atoms with van der Waals surface area (Å²) < 4.78 is 10.5. The lowest BCUT2D eigenvalue weighted by atomic mass is 9.92. The van der Waals surface area contributed by atoms with Gasteiger partial charge < -0.3 is 20.1 Å². The average molecular weight is 334 g/mol. The third kappa shape index (κ3) is 4.19. The molecule has 132 valence electrons. The van der Waals surface area contributed by atoms with Gasteiger partial charge >= 0.3 is 0 Å². The minimum atomic E-state index is -0.320. The molecule has 2 unspecified atom stereocenters. The van der Waals surface area contributed by atoms with E-state index in [0.717, 1.165) is 18.4 Å². The maximum atomic E-state index is 12.5. The molecule has 0 bridgehead atoms. The number of benzene rings is 1. The van der Waals surface area contributed by atoms with Gasteiger partial charge in [0.25, 0.3) is 0 Å². The molecular weight excluding hydrogens is 308 g/mol. The van der Waals surface area contributed by atoms with Crippen LogP contribution in [0.1, 0.15) is 31.7 Å². The Morgan fingerprint density at radius 2 is 1.92 bits per heavy atom. The highest BCUT2D eigenvalue weighted by Gasteiger charge is 2.31. The van der Waals surface area contributed by atoms with Gasteiger partial charge in [-0.25, -0.2) is 0 Å². The molecular formula is C18H26N2O4. The molecule has 0 saturated carbocycles. The zero-order valence-electron chi connectivity index (χ0n) is 14.6. The Balaban J connectivity index is 1.98. The van der Waals surface area contributed by atoms with Crippen molar-refractivity contribution in [3.63, 3.8) is 0 Å². The monoisotopic (exact) mass is 334 g/mol. The molecule has 1 aromatic rings. The first-order valence-corrected chi connectivity index (χ1v) is 8.26. The van der Waals surface area contributed by atoms with Gasteiger partial charge in [0.05, 0.1) is 20.1 Å². The number of primary amides is 1. The number of nitrogens with zero attached hydrogens (tertiary/aromatic N) is 1. The number of likely N-dealkylation sites (tertiary alicyclic amines) is 1. The third-order valence-corrected chi connectivity index (χ3v) is 4.68. The van der Waals surface area contributed by atoms with Crippen LogP contribution in [0, 0.1) is 5.92 Å². The van der Waals surface area contributed by atoms with Gasteiger partial charge in [0.15, 0.2) is 11.5 Å². The number of methoxy groups -OCH3 is 2. The maximum Gasteiger partial charge on any atom is 0.223 e. The minimum Gasteiger partial charge on any atom is -0.493 e. The molecule has 24 heavy (non-hydrogen) atoms. The van der Waals surface area contributed by atoms with Gasteiger partial charge in [0.1, 0.15) is 0 Å². The topological polar surface area (TPSA) is 81.9 Å². The van der Waals surface area contributed by atoms with E-state index in [-0.39, 0.29) is 23.8 Å². The van der Waals surface area contributed by atoms with Crippen LogP contribution in [0.5, 0.6) is 11.5 Å². The lowest BCUT2D eigenvalue weighted by Gasteiger charge is -2.37. The molecule has 0 aromatic heterocycles. The number of hydrogen-bond donors (Lipinski definition) is 1. The number of hydrogen-bond acceptors (Lipinski definition) is 4. The van der Waals surface area contributed by atoms with Crippen LogP contribution >= 0.6 is 0 Å². The molecule has 1 aliphatic rings. The molecule has 2 atom stereocenters. The summed E-state index contributed by atoms with van der Waals surface area (Å²) in [7, 11) is 3.18. The highest BCUT2D eigenvalue weighted by atomic mass is 16.5. The summed E-state index contributed by atoms with van der Waals surface area (Å²) in [4.78, 5) is 25.7. The van der Waals surface area contributed by atoms with Crippen LogP contribution in [0.4, 0.5) is 0 Å². The standard InChI is InChI=1S/C18H26N2O4/c1-12-4-7-14(18(19)22)11-20(12)17(21)9-6-13-5-8-15(23-2)16(10-13)24-3/h5,8,10,12,14H,4,6-7,9,11H2,1-3H3,(H2,19,22). The molecule has 0 radical (unpaired) electrons. The van der Waals surface area contributed by atoms with Crippen molar-refractivity contribution in [2.45, 2.75) is 38.6 Å². The minimum absolute atomic E-state index is 0.0586. The molecule has 1 saturated heterocycles. The van der Waals surface area contributed by atoms with Crippen molar-refractivity contribution in [3.05, 3.63) is 23.8 Å². The SMILES string of the molecule is COc1ccc(CCC(=O)N2CC(C(N)=O)CCC2C)cc1OC. The number of carbonyl (C=O) groups is 2. The molecule has 6 heteroatoms. The van der Waals surface area contributed by atoms with Crippen LogP contribution in [0.25, 0.3) is 0 Å². The summed E-state index contributed by atoms with van der Waals surface area (Å²) in [6.45, 7) is 2.45. The summed E-state index contributed by atoms with van der Waals surface area (Å²) in [5.41, 5.74) is 6.41. The molecule has 0 spiro atoms. The fourth-order valence-corrected chi connectivity index (χ4v) is 3.12. The van der Waals surface area contributed by atoms with E-state index in [1.54, 1.807) is 19.1 Å². The smallest absolute Gasteiger partial charge is 0.223 e. The normalized spacial score (nSPS) is 20.5. The predicted molar refractivity (Wildman–Crippen MR) is 91.0 cm³/mol. The lowest BCUT2D eigenvalue weighted by molar-refractivity contribution is -0.137. The van der Waals surface area contributed by atoms with E-state index < -0.39 is 0 Å². The molecule has 2 amide bonds. The zero-order chi connectivity index (χ0) is 17.7. The van der Waals surface area contributed by atoms with Crippen LogP contribution in [0.15, 0.2) is 18.2 Å². The van der Waals surface area contributed by atoms with Crippen molar-refractivity contribution in [3.8, 4) is 11.5 Å². The molecule has 1 aromatic carbocycles. The van der Waals surface area contributed by atoms with Crippen LogP contribution < -0.4 is 15.2 Å². The van der Waals surface area contributed by atoms with Gasteiger partial charge in [-0.1, -0.05) is 6.07 Å².